The molecule has 0 bridgehead atoms. The van der Waals surface area contributed by atoms with E-state index >= 15 is 0 Å². The fourth-order valence-corrected chi connectivity index (χ4v) is 0.669. The van der Waals surface area contributed by atoms with E-state index in [0.29, 0.717) is 0 Å². The Morgan fingerprint density at radius 1 is 1.89 bits per heavy atom. The molecule has 5 heteroatoms. The van der Waals surface area contributed by atoms with Gasteiger partial charge in [-0.25, -0.2) is 8.96 Å². The topological polar surface area (TPSA) is 41.6 Å². The first kappa shape index (κ1) is 6.11. The largest absolute Gasteiger partial charge is 0.243 e. The third-order valence-corrected chi connectivity index (χ3v) is 1.23. The van der Waals surface area contributed by atoms with E-state index < -0.39 is 0 Å². The molecule has 0 spiro atoms. The molecular weight excluding hydrogens is 141 g/mol. The van der Waals surface area contributed by atoms with E-state index in [1.807, 2.05) is 0 Å². The second-order valence-corrected chi connectivity index (χ2v) is 1.82. The maximum atomic E-state index is 11.7. The summed E-state index contributed by atoms with van der Waals surface area (Å²) in [5.74, 6) is 0. The first-order valence-corrected chi connectivity index (χ1v) is 2.77. The lowest BCUT2D eigenvalue weighted by Crippen LogP contribution is -1.82. The summed E-state index contributed by atoms with van der Waals surface area (Å²) in [5.41, 5.74) is 0.211. The average molecular weight is 143 g/mol. The summed E-state index contributed by atoms with van der Waals surface area (Å²) in [6, 6.07) is 1.77. The van der Waals surface area contributed by atoms with Crippen LogP contribution in [0.25, 0.3) is 0 Å². The molecule has 0 atom stereocenters. The van der Waals surface area contributed by atoms with Crippen LogP contribution in [0.15, 0.2) is 12.5 Å². The number of hydrogen-bond donors (Lipinski definition) is 0. The molecule has 0 aromatic carbocycles. The molecule has 0 aliphatic heterocycles. The minimum Gasteiger partial charge on any atom is -0.243 e. The molecule has 0 aliphatic rings. The van der Waals surface area contributed by atoms with Gasteiger partial charge in [0.2, 0.25) is 0 Å². The van der Waals surface area contributed by atoms with E-state index in [2.05, 4.69) is 4.98 Å². The number of aromatic nitrogens is 2. The van der Waals surface area contributed by atoms with Gasteiger partial charge in [-0.15, -0.1) is 3.89 Å². The molecule has 0 amide bonds. The quantitative estimate of drug-likeness (QED) is 0.591. The predicted molar refractivity (Wildman–Crippen MR) is 31.0 cm³/mol. The van der Waals surface area contributed by atoms with Crippen molar-refractivity contribution in [1.82, 2.24) is 8.96 Å². The van der Waals surface area contributed by atoms with Crippen LogP contribution in [0.4, 0.5) is 3.89 Å². The summed E-state index contributed by atoms with van der Waals surface area (Å²) < 4.78 is 12.7. The van der Waals surface area contributed by atoms with Crippen molar-refractivity contribution in [3.63, 3.8) is 0 Å². The summed E-state index contributed by atoms with van der Waals surface area (Å²) in [7, 11) is 0. The number of halogens is 1. The van der Waals surface area contributed by atoms with Crippen molar-refractivity contribution >= 4 is 12.3 Å². The van der Waals surface area contributed by atoms with E-state index in [0.717, 1.165) is 3.97 Å². The Morgan fingerprint density at radius 3 is 3.11 bits per heavy atom. The molecule has 3 nitrogen and oxygen atoms in total. The predicted octanol–water partition coefficient (Wildman–Crippen LogP) is 1.14. The van der Waals surface area contributed by atoms with Crippen molar-refractivity contribution in [2.75, 3.05) is 0 Å². The van der Waals surface area contributed by atoms with Crippen LogP contribution in [0.3, 0.4) is 0 Å². The third-order valence-electron chi connectivity index (χ3n) is 0.795. The van der Waals surface area contributed by atoms with E-state index in [9.17, 15) is 3.89 Å². The Labute approximate surface area is 55.5 Å². The zero-order chi connectivity index (χ0) is 6.69. The molecule has 1 aromatic rings. The first-order valence-electron chi connectivity index (χ1n) is 2.10. The summed E-state index contributed by atoms with van der Waals surface area (Å²) in [6.45, 7) is 0. The highest BCUT2D eigenvalue weighted by atomic mass is 32.2. The lowest BCUT2D eigenvalue weighted by Gasteiger charge is -1.87. The highest BCUT2D eigenvalue weighted by Crippen LogP contribution is 2.08. The van der Waals surface area contributed by atoms with Crippen LogP contribution in [0, 0.1) is 11.3 Å². The highest BCUT2D eigenvalue weighted by Gasteiger charge is 1.98. The van der Waals surface area contributed by atoms with Crippen LogP contribution < -0.4 is 0 Å². The van der Waals surface area contributed by atoms with Crippen molar-refractivity contribution in [3.8, 4) is 6.07 Å². The molecule has 0 saturated carbocycles. The summed E-state index contributed by atoms with van der Waals surface area (Å²) in [5, 5.41) is 8.25. The molecule has 9 heavy (non-hydrogen) atoms. The Morgan fingerprint density at radius 2 is 2.67 bits per heavy atom. The fraction of sp³-hybridized carbons (Fsp3) is 0. The third kappa shape index (κ3) is 1.03. The molecule has 0 N–H and O–H groups in total. The Hall–Kier alpha value is -1.02. The number of hydrogen-bond acceptors (Lipinski definition) is 3. The average Bonchev–Trinajstić information content (AvgIpc) is 2.33. The van der Waals surface area contributed by atoms with Crippen LogP contribution in [-0.2, 0) is 0 Å². The fourth-order valence-electron chi connectivity index (χ4n) is 0.417. The second-order valence-electron chi connectivity index (χ2n) is 1.29. The summed E-state index contributed by atoms with van der Waals surface area (Å²) in [4.78, 5) is 3.54. The Balaban J connectivity index is 3.02. The smallest absolute Gasteiger partial charge is 0.171 e. The molecule has 46 valence electrons. The maximum Gasteiger partial charge on any atom is 0.171 e. The Bertz CT molecular complexity index is 238. The van der Waals surface area contributed by atoms with Crippen molar-refractivity contribution < 1.29 is 3.89 Å². The van der Waals surface area contributed by atoms with Gasteiger partial charge in [-0.3, -0.25) is 0 Å². The van der Waals surface area contributed by atoms with Crippen molar-refractivity contribution in [2.45, 2.75) is 0 Å². The van der Waals surface area contributed by atoms with Crippen LogP contribution in [0.5, 0.6) is 0 Å². The minimum atomic E-state index is -0.0417. The normalized spacial score (nSPS) is 8.89. The molecule has 0 fully saturated rings. The van der Waals surface area contributed by atoms with E-state index in [-0.39, 0.29) is 18.0 Å². The van der Waals surface area contributed by atoms with Gasteiger partial charge in [0, 0.05) is 0 Å². The SMILES string of the molecule is N#Cc1cncn1SF. The summed E-state index contributed by atoms with van der Waals surface area (Å²) >= 11 is -0.0417. The van der Waals surface area contributed by atoms with E-state index in [1.54, 1.807) is 6.07 Å². The van der Waals surface area contributed by atoms with Gasteiger partial charge >= 0.3 is 0 Å². The molecule has 1 heterocycles. The molecule has 0 aliphatic carbocycles. The summed E-state index contributed by atoms with van der Waals surface area (Å²) in [6.07, 6.45) is 2.54. The van der Waals surface area contributed by atoms with Gasteiger partial charge in [-0.2, -0.15) is 5.26 Å². The monoisotopic (exact) mass is 143 g/mol. The molecule has 0 saturated heterocycles. The van der Waals surface area contributed by atoms with Crippen molar-refractivity contribution in [1.29, 1.82) is 5.26 Å². The number of rotatable bonds is 1. The lowest BCUT2D eigenvalue weighted by molar-refractivity contribution is 0.913. The van der Waals surface area contributed by atoms with E-state index in [1.165, 1.54) is 12.5 Å². The second kappa shape index (κ2) is 2.51. The zero-order valence-electron chi connectivity index (χ0n) is 4.28. The van der Waals surface area contributed by atoms with Gasteiger partial charge in [-0.1, -0.05) is 0 Å². The van der Waals surface area contributed by atoms with Crippen LogP contribution >= 0.6 is 12.3 Å². The van der Waals surface area contributed by atoms with E-state index in [4.69, 9.17) is 5.26 Å². The standard InChI is InChI=1S/C4H2FN3S/c5-9-8-3-7-2-4(8)1-6/h2-3H. The van der Waals surface area contributed by atoms with Crippen molar-refractivity contribution in [2.24, 2.45) is 0 Å². The van der Waals surface area contributed by atoms with Crippen LogP contribution in [0.1, 0.15) is 5.69 Å². The van der Waals surface area contributed by atoms with Gasteiger partial charge < -0.3 is 0 Å². The molecule has 1 aromatic heterocycles. The molecule has 0 unspecified atom stereocenters. The molecular formula is C4H2FN3S. The van der Waals surface area contributed by atoms with Crippen LogP contribution in [0.2, 0.25) is 0 Å². The minimum absolute atomic E-state index is 0.0417. The van der Waals surface area contributed by atoms with Gasteiger partial charge in [0.15, 0.2) is 18.0 Å². The lowest BCUT2D eigenvalue weighted by atomic mass is 10.6. The van der Waals surface area contributed by atoms with Gasteiger partial charge in [-0.05, 0) is 0 Å². The molecule has 1 rings (SSSR count). The maximum absolute atomic E-state index is 11.7. The van der Waals surface area contributed by atoms with Crippen LogP contribution in [-0.4, -0.2) is 8.96 Å². The Kier molecular flexibility index (Phi) is 1.70. The number of nitriles is 1. The number of imidazole rings is 1. The van der Waals surface area contributed by atoms with Gasteiger partial charge in [0.05, 0.1) is 6.20 Å². The highest BCUT2D eigenvalue weighted by molar-refractivity contribution is 7.92. The molecule has 0 radical (unpaired) electrons. The zero-order valence-corrected chi connectivity index (χ0v) is 5.10. The van der Waals surface area contributed by atoms with Crippen molar-refractivity contribution in [3.05, 3.63) is 18.2 Å². The van der Waals surface area contributed by atoms with Gasteiger partial charge in [0.25, 0.3) is 0 Å². The van der Waals surface area contributed by atoms with Gasteiger partial charge in [0.1, 0.15) is 12.4 Å². The first-order chi connectivity index (χ1) is 4.38. The number of nitrogens with zero attached hydrogens (tertiary/aromatic N) is 3.